The van der Waals surface area contributed by atoms with Crippen LogP contribution in [0.2, 0.25) is 0 Å². The molecular formula is C19H18N2O3. The van der Waals surface area contributed by atoms with Gasteiger partial charge in [0.25, 0.3) is 5.91 Å². The fourth-order valence-corrected chi connectivity index (χ4v) is 2.41. The van der Waals surface area contributed by atoms with Crippen LogP contribution in [0.1, 0.15) is 18.1 Å². The van der Waals surface area contributed by atoms with Crippen molar-refractivity contribution in [1.82, 2.24) is 0 Å². The number of nitrogens with one attached hydrogen (secondary N) is 2. The van der Waals surface area contributed by atoms with Gasteiger partial charge in [0, 0.05) is 11.8 Å². The van der Waals surface area contributed by atoms with Crippen LogP contribution in [0.3, 0.4) is 0 Å². The maximum absolute atomic E-state index is 12.1. The maximum Gasteiger partial charge on any atom is 0.265 e. The lowest BCUT2D eigenvalue weighted by atomic mass is 10.1. The average molecular weight is 322 g/mol. The summed E-state index contributed by atoms with van der Waals surface area (Å²) >= 11 is 0. The van der Waals surface area contributed by atoms with E-state index in [-0.39, 0.29) is 11.8 Å². The Balaban J connectivity index is 1.70. The van der Waals surface area contributed by atoms with Crippen LogP contribution in [-0.2, 0) is 9.59 Å². The molecule has 122 valence electrons. The first-order chi connectivity index (χ1) is 11.5. The number of carbonyl (C=O) groups excluding carboxylic acids is 2. The SMILES string of the molecule is Cc1ccccc1/C=C/C(=O)Nc1ccc2c(c1)NC(=O)[C@@H](C)O2. The van der Waals surface area contributed by atoms with Crippen molar-refractivity contribution in [2.75, 3.05) is 10.6 Å². The molecule has 1 atom stereocenters. The third kappa shape index (κ3) is 3.46. The number of anilines is 2. The summed E-state index contributed by atoms with van der Waals surface area (Å²) in [6.45, 7) is 3.68. The monoisotopic (exact) mass is 322 g/mol. The first-order valence-corrected chi connectivity index (χ1v) is 7.69. The van der Waals surface area contributed by atoms with E-state index in [1.165, 1.54) is 6.08 Å². The first kappa shape index (κ1) is 15.8. The van der Waals surface area contributed by atoms with E-state index in [9.17, 15) is 9.59 Å². The van der Waals surface area contributed by atoms with Gasteiger partial charge in [-0.15, -0.1) is 0 Å². The zero-order valence-corrected chi connectivity index (χ0v) is 13.5. The molecule has 0 radical (unpaired) electrons. The van der Waals surface area contributed by atoms with Crippen LogP contribution in [0.5, 0.6) is 5.75 Å². The van der Waals surface area contributed by atoms with Gasteiger partial charge in [-0.05, 0) is 49.2 Å². The van der Waals surface area contributed by atoms with Crippen LogP contribution in [0.25, 0.3) is 6.08 Å². The molecule has 0 aromatic heterocycles. The molecule has 0 saturated carbocycles. The van der Waals surface area contributed by atoms with Gasteiger partial charge in [0.15, 0.2) is 6.10 Å². The second-order valence-corrected chi connectivity index (χ2v) is 5.64. The lowest BCUT2D eigenvalue weighted by molar-refractivity contribution is -0.122. The standard InChI is InChI=1S/C19H18N2O3/c1-12-5-3-4-6-14(12)7-10-18(22)20-15-8-9-17-16(11-15)21-19(23)13(2)24-17/h3-11,13H,1-2H3,(H,20,22)(H,21,23)/b10-7+/t13-/m1/s1. The fourth-order valence-electron chi connectivity index (χ4n) is 2.41. The highest BCUT2D eigenvalue weighted by Gasteiger charge is 2.23. The minimum atomic E-state index is -0.519. The number of benzene rings is 2. The maximum atomic E-state index is 12.1. The van der Waals surface area contributed by atoms with Gasteiger partial charge in [0.05, 0.1) is 5.69 Å². The van der Waals surface area contributed by atoms with E-state index >= 15 is 0 Å². The Bertz CT molecular complexity index is 827. The number of ether oxygens (including phenoxy) is 1. The van der Waals surface area contributed by atoms with Crippen LogP contribution in [0, 0.1) is 6.92 Å². The van der Waals surface area contributed by atoms with Crippen molar-refractivity contribution in [3.8, 4) is 5.75 Å². The molecular weight excluding hydrogens is 304 g/mol. The molecule has 1 heterocycles. The van der Waals surface area contributed by atoms with Gasteiger partial charge in [-0.3, -0.25) is 9.59 Å². The molecule has 0 fully saturated rings. The number of aryl methyl sites for hydroxylation is 1. The van der Waals surface area contributed by atoms with Crippen LogP contribution < -0.4 is 15.4 Å². The molecule has 2 aromatic carbocycles. The Morgan fingerprint density at radius 2 is 2.04 bits per heavy atom. The van der Waals surface area contributed by atoms with E-state index in [1.54, 1.807) is 31.2 Å². The molecule has 2 amide bonds. The highest BCUT2D eigenvalue weighted by Crippen LogP contribution is 2.32. The normalized spacial score (nSPS) is 16.2. The van der Waals surface area contributed by atoms with Crippen molar-refractivity contribution in [3.05, 3.63) is 59.7 Å². The van der Waals surface area contributed by atoms with Crippen molar-refractivity contribution in [3.63, 3.8) is 0 Å². The predicted octanol–water partition coefficient (Wildman–Crippen LogP) is 3.37. The summed E-state index contributed by atoms with van der Waals surface area (Å²) in [4.78, 5) is 23.7. The summed E-state index contributed by atoms with van der Waals surface area (Å²) in [5.41, 5.74) is 3.24. The molecule has 0 saturated heterocycles. The summed E-state index contributed by atoms with van der Waals surface area (Å²) < 4.78 is 5.48. The molecule has 1 aliphatic heterocycles. The summed E-state index contributed by atoms with van der Waals surface area (Å²) in [6, 6.07) is 13.0. The number of rotatable bonds is 3. The smallest absolute Gasteiger partial charge is 0.265 e. The summed E-state index contributed by atoms with van der Waals surface area (Å²) in [7, 11) is 0. The predicted molar refractivity (Wildman–Crippen MR) is 94.0 cm³/mol. The molecule has 0 bridgehead atoms. The molecule has 2 N–H and O–H groups in total. The Morgan fingerprint density at radius 1 is 1.25 bits per heavy atom. The van der Waals surface area contributed by atoms with Gasteiger partial charge in [0.1, 0.15) is 5.75 Å². The first-order valence-electron chi connectivity index (χ1n) is 7.69. The molecule has 2 aromatic rings. The lowest BCUT2D eigenvalue weighted by Gasteiger charge is -2.23. The zero-order chi connectivity index (χ0) is 17.1. The molecule has 0 aliphatic carbocycles. The van der Waals surface area contributed by atoms with Crippen molar-refractivity contribution in [2.45, 2.75) is 20.0 Å². The molecule has 5 heteroatoms. The van der Waals surface area contributed by atoms with E-state index in [1.807, 2.05) is 31.2 Å². The van der Waals surface area contributed by atoms with Crippen LogP contribution in [-0.4, -0.2) is 17.9 Å². The molecule has 24 heavy (non-hydrogen) atoms. The Kier molecular flexibility index (Phi) is 4.33. The number of hydrogen-bond donors (Lipinski definition) is 2. The highest BCUT2D eigenvalue weighted by molar-refractivity contribution is 6.03. The average Bonchev–Trinajstić information content (AvgIpc) is 2.55. The third-order valence-electron chi connectivity index (χ3n) is 3.78. The topological polar surface area (TPSA) is 67.4 Å². The number of amides is 2. The molecule has 3 rings (SSSR count). The summed E-state index contributed by atoms with van der Waals surface area (Å²) in [5.74, 6) is 0.149. The number of hydrogen-bond acceptors (Lipinski definition) is 3. The van der Waals surface area contributed by atoms with Gasteiger partial charge >= 0.3 is 0 Å². The number of fused-ring (bicyclic) bond motifs is 1. The van der Waals surface area contributed by atoms with Gasteiger partial charge < -0.3 is 15.4 Å². The van der Waals surface area contributed by atoms with E-state index in [2.05, 4.69) is 10.6 Å². The Labute approximate surface area is 140 Å². The second-order valence-electron chi connectivity index (χ2n) is 5.64. The zero-order valence-electron chi connectivity index (χ0n) is 13.5. The molecule has 5 nitrogen and oxygen atoms in total. The van der Waals surface area contributed by atoms with Crippen molar-refractivity contribution < 1.29 is 14.3 Å². The van der Waals surface area contributed by atoms with E-state index < -0.39 is 6.10 Å². The van der Waals surface area contributed by atoms with Crippen LogP contribution >= 0.6 is 0 Å². The Hall–Kier alpha value is -3.08. The largest absolute Gasteiger partial charge is 0.479 e. The number of carbonyl (C=O) groups is 2. The third-order valence-corrected chi connectivity index (χ3v) is 3.78. The van der Waals surface area contributed by atoms with E-state index in [0.717, 1.165) is 11.1 Å². The van der Waals surface area contributed by atoms with Crippen LogP contribution in [0.15, 0.2) is 48.5 Å². The van der Waals surface area contributed by atoms with Crippen molar-refractivity contribution >= 4 is 29.3 Å². The minimum Gasteiger partial charge on any atom is -0.479 e. The minimum absolute atomic E-state index is 0.203. The Morgan fingerprint density at radius 3 is 2.83 bits per heavy atom. The van der Waals surface area contributed by atoms with Gasteiger partial charge in [-0.1, -0.05) is 24.3 Å². The van der Waals surface area contributed by atoms with Gasteiger partial charge in [-0.25, -0.2) is 0 Å². The van der Waals surface area contributed by atoms with Gasteiger partial charge in [0.2, 0.25) is 5.91 Å². The fraction of sp³-hybridized carbons (Fsp3) is 0.158. The van der Waals surface area contributed by atoms with Crippen LogP contribution in [0.4, 0.5) is 11.4 Å². The molecule has 0 spiro atoms. The molecule has 0 unspecified atom stereocenters. The highest BCUT2D eigenvalue weighted by atomic mass is 16.5. The van der Waals surface area contributed by atoms with E-state index in [4.69, 9.17) is 4.74 Å². The summed E-state index contributed by atoms with van der Waals surface area (Å²) in [5, 5.41) is 5.53. The van der Waals surface area contributed by atoms with E-state index in [0.29, 0.717) is 17.1 Å². The summed E-state index contributed by atoms with van der Waals surface area (Å²) in [6.07, 6.45) is 2.74. The van der Waals surface area contributed by atoms with Crippen molar-refractivity contribution in [1.29, 1.82) is 0 Å². The lowest BCUT2D eigenvalue weighted by Crippen LogP contribution is -2.34. The van der Waals surface area contributed by atoms with Gasteiger partial charge in [-0.2, -0.15) is 0 Å². The molecule has 1 aliphatic rings. The quantitative estimate of drug-likeness (QED) is 0.851. The van der Waals surface area contributed by atoms with Crippen molar-refractivity contribution in [2.24, 2.45) is 0 Å². The second kappa shape index (κ2) is 6.58.